The number of hydrogen-bond acceptors (Lipinski definition) is 6. The van der Waals surface area contributed by atoms with Gasteiger partial charge in [-0.3, -0.25) is 9.59 Å². The molecule has 0 aliphatic carbocycles. The Morgan fingerprint density at radius 1 is 1.40 bits per heavy atom. The number of nitrogens with zero attached hydrogens (tertiary/aromatic N) is 2. The highest BCUT2D eigenvalue weighted by molar-refractivity contribution is 7.13. The van der Waals surface area contributed by atoms with Crippen molar-refractivity contribution in [2.75, 3.05) is 25.5 Å². The fourth-order valence-corrected chi connectivity index (χ4v) is 3.72. The van der Waals surface area contributed by atoms with E-state index in [1.165, 1.54) is 36.7 Å². The van der Waals surface area contributed by atoms with Gasteiger partial charge in [-0.2, -0.15) is 8.78 Å². The molecule has 0 spiro atoms. The molecule has 1 aromatic carbocycles. The van der Waals surface area contributed by atoms with Gasteiger partial charge in [-0.1, -0.05) is 12.1 Å². The van der Waals surface area contributed by atoms with Crippen LogP contribution < -0.4 is 14.8 Å². The normalized spacial score (nSPS) is 16.7. The zero-order valence-electron chi connectivity index (χ0n) is 16.2. The number of para-hydroxylation sites is 1. The Balaban J connectivity index is 1.67. The maximum atomic E-state index is 12.7. The van der Waals surface area contributed by atoms with Crippen molar-refractivity contribution in [2.24, 2.45) is 5.92 Å². The Hall–Kier alpha value is -3.01. The molecule has 1 fully saturated rings. The maximum absolute atomic E-state index is 12.7. The van der Waals surface area contributed by atoms with Gasteiger partial charge in [0.25, 0.3) is 0 Å². The molecule has 1 aliphatic rings. The number of hydrogen-bond donors (Lipinski definition) is 1. The molecule has 1 aliphatic heterocycles. The molecule has 1 saturated heterocycles. The average Bonchev–Trinajstić information content (AvgIpc) is 3.25. The largest absolute Gasteiger partial charge is 0.493 e. The zero-order chi connectivity index (χ0) is 21.5. The van der Waals surface area contributed by atoms with Crippen LogP contribution in [0.3, 0.4) is 0 Å². The van der Waals surface area contributed by atoms with E-state index in [2.05, 4.69) is 15.0 Å². The van der Waals surface area contributed by atoms with Crippen LogP contribution in [0.25, 0.3) is 6.08 Å². The predicted octanol–water partition coefficient (Wildman–Crippen LogP) is 3.64. The predicted molar refractivity (Wildman–Crippen MR) is 109 cm³/mol. The number of methoxy groups -OCH3 is 1. The molecule has 1 unspecified atom stereocenters. The average molecular weight is 437 g/mol. The van der Waals surface area contributed by atoms with Crippen LogP contribution in [-0.2, 0) is 9.59 Å². The van der Waals surface area contributed by atoms with Gasteiger partial charge in [0.2, 0.25) is 11.8 Å². The Labute approximate surface area is 176 Å². The molecule has 10 heteroatoms. The molecule has 0 radical (unpaired) electrons. The molecule has 3 rings (SSSR count). The van der Waals surface area contributed by atoms with Crippen LogP contribution in [0.15, 0.2) is 35.9 Å². The van der Waals surface area contributed by atoms with E-state index in [-0.39, 0.29) is 41.3 Å². The van der Waals surface area contributed by atoms with Crippen molar-refractivity contribution in [3.8, 4) is 11.5 Å². The van der Waals surface area contributed by atoms with Crippen molar-refractivity contribution >= 4 is 34.4 Å². The Bertz CT molecular complexity index is 905. The summed E-state index contributed by atoms with van der Waals surface area (Å²) in [7, 11) is 1.34. The SMILES string of the molecule is COc1cccc(C=CC(=O)N2CCCC(C(=O)Nc3nccs3)C2)c1OC(F)F. The van der Waals surface area contributed by atoms with Gasteiger partial charge < -0.3 is 19.7 Å². The molecule has 2 aromatic rings. The van der Waals surface area contributed by atoms with E-state index >= 15 is 0 Å². The molecular weight excluding hydrogens is 416 g/mol. The van der Waals surface area contributed by atoms with Crippen molar-refractivity contribution < 1.29 is 27.8 Å². The number of amides is 2. The zero-order valence-corrected chi connectivity index (χ0v) is 17.0. The molecule has 1 N–H and O–H groups in total. The summed E-state index contributed by atoms with van der Waals surface area (Å²) in [5.74, 6) is -0.825. The van der Waals surface area contributed by atoms with Crippen LogP contribution in [0.5, 0.6) is 11.5 Å². The minimum atomic E-state index is -3.02. The van der Waals surface area contributed by atoms with Crippen LogP contribution in [0.2, 0.25) is 0 Å². The number of likely N-dealkylation sites (tertiary alicyclic amines) is 1. The van der Waals surface area contributed by atoms with E-state index in [4.69, 9.17) is 4.74 Å². The minimum Gasteiger partial charge on any atom is -0.493 e. The van der Waals surface area contributed by atoms with Gasteiger partial charge in [0.15, 0.2) is 16.6 Å². The summed E-state index contributed by atoms with van der Waals surface area (Å²) in [5.41, 5.74) is 0.290. The number of nitrogens with one attached hydrogen (secondary N) is 1. The number of halogens is 2. The fraction of sp³-hybridized carbons (Fsp3) is 0.350. The van der Waals surface area contributed by atoms with Gasteiger partial charge in [0, 0.05) is 36.3 Å². The minimum absolute atomic E-state index is 0.140. The number of alkyl halides is 2. The number of carbonyl (C=O) groups excluding carboxylic acids is 2. The number of thiazole rings is 1. The second kappa shape index (κ2) is 10.1. The first-order valence-electron chi connectivity index (χ1n) is 9.27. The van der Waals surface area contributed by atoms with Gasteiger partial charge in [0.05, 0.1) is 13.0 Å². The van der Waals surface area contributed by atoms with Gasteiger partial charge >= 0.3 is 6.61 Å². The monoisotopic (exact) mass is 437 g/mol. The number of rotatable bonds is 7. The number of aromatic nitrogens is 1. The lowest BCUT2D eigenvalue weighted by Gasteiger charge is -2.31. The molecule has 2 amide bonds. The van der Waals surface area contributed by atoms with Gasteiger partial charge in [0.1, 0.15) is 0 Å². The molecule has 30 heavy (non-hydrogen) atoms. The van der Waals surface area contributed by atoms with Gasteiger partial charge in [-0.25, -0.2) is 4.98 Å². The summed E-state index contributed by atoms with van der Waals surface area (Å²) >= 11 is 1.33. The van der Waals surface area contributed by atoms with Crippen LogP contribution in [0.1, 0.15) is 18.4 Å². The molecular formula is C20H21F2N3O4S. The van der Waals surface area contributed by atoms with E-state index in [1.54, 1.807) is 28.6 Å². The van der Waals surface area contributed by atoms with E-state index in [1.807, 2.05) is 0 Å². The lowest BCUT2D eigenvalue weighted by Crippen LogP contribution is -2.43. The standard InChI is InChI=1S/C20H21F2N3O4S/c1-28-15-6-2-4-13(17(15)29-19(21)22)7-8-16(26)25-10-3-5-14(12-25)18(27)24-20-23-9-11-30-20/h2,4,6-9,11,14,19H,3,5,10,12H2,1H3,(H,23,24,27). The topological polar surface area (TPSA) is 80.8 Å². The third-order valence-electron chi connectivity index (χ3n) is 4.61. The number of benzene rings is 1. The summed E-state index contributed by atoms with van der Waals surface area (Å²) in [4.78, 5) is 30.7. The maximum Gasteiger partial charge on any atom is 0.387 e. The van der Waals surface area contributed by atoms with Crippen LogP contribution in [0.4, 0.5) is 13.9 Å². The smallest absolute Gasteiger partial charge is 0.387 e. The van der Waals surface area contributed by atoms with Crippen LogP contribution in [0, 0.1) is 5.92 Å². The van der Waals surface area contributed by atoms with Crippen molar-refractivity contribution in [3.05, 3.63) is 41.4 Å². The first kappa shape index (κ1) is 21.7. The Morgan fingerprint density at radius 2 is 2.23 bits per heavy atom. The van der Waals surface area contributed by atoms with Crippen molar-refractivity contribution in [3.63, 3.8) is 0 Å². The number of anilines is 1. The van der Waals surface area contributed by atoms with Gasteiger partial charge in [-0.15, -0.1) is 11.3 Å². The molecule has 2 heterocycles. The third kappa shape index (κ3) is 5.53. The molecule has 160 valence electrons. The Morgan fingerprint density at radius 3 is 2.93 bits per heavy atom. The highest BCUT2D eigenvalue weighted by atomic mass is 32.1. The van der Waals surface area contributed by atoms with E-state index in [0.29, 0.717) is 24.5 Å². The first-order valence-corrected chi connectivity index (χ1v) is 10.1. The molecule has 1 atom stereocenters. The highest BCUT2D eigenvalue weighted by Gasteiger charge is 2.28. The number of carbonyl (C=O) groups is 2. The summed E-state index contributed by atoms with van der Waals surface area (Å²) in [6.45, 7) is -2.23. The summed E-state index contributed by atoms with van der Waals surface area (Å²) in [6, 6.07) is 4.65. The highest BCUT2D eigenvalue weighted by Crippen LogP contribution is 2.33. The third-order valence-corrected chi connectivity index (χ3v) is 5.30. The number of piperidine rings is 1. The van der Waals surface area contributed by atoms with Crippen molar-refractivity contribution in [2.45, 2.75) is 19.5 Å². The van der Waals surface area contributed by atoms with Crippen molar-refractivity contribution in [1.29, 1.82) is 0 Å². The van der Waals surface area contributed by atoms with Crippen molar-refractivity contribution in [1.82, 2.24) is 9.88 Å². The van der Waals surface area contributed by atoms with E-state index in [9.17, 15) is 18.4 Å². The Kier molecular flexibility index (Phi) is 7.34. The summed E-state index contributed by atoms with van der Waals surface area (Å²) < 4.78 is 35.1. The summed E-state index contributed by atoms with van der Waals surface area (Å²) in [6.07, 6.45) is 5.66. The first-order chi connectivity index (χ1) is 14.5. The molecule has 0 bridgehead atoms. The molecule has 1 aromatic heterocycles. The summed E-state index contributed by atoms with van der Waals surface area (Å²) in [5, 5.41) is 5.05. The van der Waals surface area contributed by atoms with Crippen LogP contribution >= 0.6 is 11.3 Å². The number of ether oxygens (including phenoxy) is 2. The molecule has 0 saturated carbocycles. The van der Waals surface area contributed by atoms with Gasteiger partial charge in [-0.05, 0) is 25.0 Å². The lowest BCUT2D eigenvalue weighted by atomic mass is 9.97. The molecule has 7 nitrogen and oxygen atoms in total. The van der Waals surface area contributed by atoms with E-state index in [0.717, 1.165) is 0 Å². The van der Waals surface area contributed by atoms with Crippen LogP contribution in [-0.4, -0.2) is 48.5 Å². The second-order valence-electron chi connectivity index (χ2n) is 6.54. The fourth-order valence-electron chi connectivity index (χ4n) is 3.19. The lowest BCUT2D eigenvalue weighted by molar-refractivity contribution is -0.130. The quantitative estimate of drug-likeness (QED) is 0.669. The van der Waals surface area contributed by atoms with E-state index < -0.39 is 6.61 Å². The second-order valence-corrected chi connectivity index (χ2v) is 7.43.